The van der Waals surface area contributed by atoms with Crippen molar-refractivity contribution in [3.8, 4) is 17.6 Å². The Hall–Kier alpha value is -2.47. The molecular weight excluding hydrogens is 224 g/mol. The fourth-order valence-electron chi connectivity index (χ4n) is 1.72. The molecule has 2 N–H and O–H groups in total. The molecular formula is C15H14N2O. The minimum Gasteiger partial charge on any atom is -0.454 e. The lowest BCUT2D eigenvalue weighted by Gasteiger charge is -2.12. The predicted molar refractivity (Wildman–Crippen MR) is 71.6 cm³/mol. The molecule has 0 spiro atoms. The Balaban J connectivity index is 2.46. The maximum Gasteiger partial charge on any atom is 0.150 e. The molecule has 0 aromatic heterocycles. The number of nitriles is 1. The Labute approximate surface area is 106 Å². The van der Waals surface area contributed by atoms with E-state index in [4.69, 9.17) is 15.7 Å². The summed E-state index contributed by atoms with van der Waals surface area (Å²) in [7, 11) is 0. The summed E-state index contributed by atoms with van der Waals surface area (Å²) in [6, 6.07) is 13.2. The van der Waals surface area contributed by atoms with Gasteiger partial charge in [-0.15, -0.1) is 0 Å². The molecule has 2 aromatic carbocycles. The zero-order chi connectivity index (χ0) is 13.1. The second-order valence-electron chi connectivity index (χ2n) is 4.21. The molecule has 0 fully saturated rings. The number of hydrogen-bond donors (Lipinski definition) is 1. The van der Waals surface area contributed by atoms with Crippen molar-refractivity contribution in [1.29, 1.82) is 5.26 Å². The van der Waals surface area contributed by atoms with Crippen molar-refractivity contribution >= 4 is 5.69 Å². The fraction of sp³-hybridized carbons (Fsp3) is 0.133. The van der Waals surface area contributed by atoms with E-state index in [0.717, 1.165) is 11.1 Å². The molecule has 0 radical (unpaired) electrons. The number of para-hydroxylation sites is 1. The summed E-state index contributed by atoms with van der Waals surface area (Å²) in [6.45, 7) is 3.87. The van der Waals surface area contributed by atoms with Gasteiger partial charge in [0, 0.05) is 0 Å². The topological polar surface area (TPSA) is 59.0 Å². The standard InChI is InChI=1S/C15H14N2O/c1-10-6-7-13(17)14(8-10)18-15-11(2)4-3-5-12(15)9-16/h3-8H,17H2,1-2H3. The molecule has 0 amide bonds. The van der Waals surface area contributed by atoms with Gasteiger partial charge in [0.1, 0.15) is 11.8 Å². The van der Waals surface area contributed by atoms with Crippen molar-refractivity contribution in [2.24, 2.45) is 0 Å². The van der Waals surface area contributed by atoms with E-state index in [1.165, 1.54) is 0 Å². The van der Waals surface area contributed by atoms with Crippen molar-refractivity contribution in [3.63, 3.8) is 0 Å². The smallest absolute Gasteiger partial charge is 0.150 e. The summed E-state index contributed by atoms with van der Waals surface area (Å²) in [5.41, 5.74) is 8.92. The van der Waals surface area contributed by atoms with Crippen molar-refractivity contribution in [3.05, 3.63) is 53.1 Å². The highest BCUT2D eigenvalue weighted by Crippen LogP contribution is 2.32. The number of nitrogen functional groups attached to an aromatic ring is 1. The van der Waals surface area contributed by atoms with E-state index in [1.54, 1.807) is 12.1 Å². The molecule has 0 aliphatic rings. The zero-order valence-corrected chi connectivity index (χ0v) is 10.4. The van der Waals surface area contributed by atoms with Gasteiger partial charge in [-0.25, -0.2) is 0 Å². The van der Waals surface area contributed by atoms with Gasteiger partial charge in [-0.3, -0.25) is 0 Å². The van der Waals surface area contributed by atoms with Crippen molar-refractivity contribution in [2.75, 3.05) is 5.73 Å². The average Bonchev–Trinajstić information content (AvgIpc) is 2.36. The monoisotopic (exact) mass is 238 g/mol. The number of rotatable bonds is 2. The molecule has 0 unspecified atom stereocenters. The number of anilines is 1. The van der Waals surface area contributed by atoms with Gasteiger partial charge in [-0.05, 0) is 43.2 Å². The first-order chi connectivity index (χ1) is 8.61. The quantitative estimate of drug-likeness (QED) is 0.814. The van der Waals surface area contributed by atoms with Gasteiger partial charge in [-0.2, -0.15) is 5.26 Å². The third kappa shape index (κ3) is 2.28. The molecule has 2 aromatic rings. The Morgan fingerprint density at radius 2 is 1.94 bits per heavy atom. The lowest BCUT2D eigenvalue weighted by molar-refractivity contribution is 0.479. The van der Waals surface area contributed by atoms with Crippen LogP contribution in [0.4, 0.5) is 5.69 Å². The van der Waals surface area contributed by atoms with Crippen LogP contribution in [-0.4, -0.2) is 0 Å². The second kappa shape index (κ2) is 4.80. The third-order valence-corrected chi connectivity index (χ3v) is 2.71. The summed E-state index contributed by atoms with van der Waals surface area (Å²) in [5, 5.41) is 9.08. The molecule has 90 valence electrons. The summed E-state index contributed by atoms with van der Waals surface area (Å²) < 4.78 is 5.80. The first kappa shape index (κ1) is 12.0. The van der Waals surface area contributed by atoms with Crippen LogP contribution in [0.5, 0.6) is 11.5 Å². The molecule has 0 saturated heterocycles. The van der Waals surface area contributed by atoms with Crippen LogP contribution in [0.25, 0.3) is 0 Å². The first-order valence-corrected chi connectivity index (χ1v) is 5.65. The highest BCUT2D eigenvalue weighted by molar-refractivity contribution is 5.58. The number of nitrogens with zero attached hydrogens (tertiary/aromatic N) is 1. The predicted octanol–water partition coefficient (Wildman–Crippen LogP) is 3.55. The van der Waals surface area contributed by atoms with E-state index in [2.05, 4.69) is 6.07 Å². The lowest BCUT2D eigenvalue weighted by atomic mass is 10.1. The SMILES string of the molecule is Cc1ccc(N)c(Oc2c(C)cccc2C#N)c1. The zero-order valence-electron chi connectivity index (χ0n) is 10.4. The van der Waals surface area contributed by atoms with E-state index in [9.17, 15) is 0 Å². The average molecular weight is 238 g/mol. The molecule has 0 atom stereocenters. The molecule has 18 heavy (non-hydrogen) atoms. The number of nitrogens with two attached hydrogens (primary N) is 1. The first-order valence-electron chi connectivity index (χ1n) is 5.65. The third-order valence-electron chi connectivity index (χ3n) is 2.71. The molecule has 2 rings (SSSR count). The van der Waals surface area contributed by atoms with Crippen LogP contribution in [0.15, 0.2) is 36.4 Å². The molecule has 3 nitrogen and oxygen atoms in total. The normalized spacial score (nSPS) is 9.83. The van der Waals surface area contributed by atoms with Crippen LogP contribution in [0.1, 0.15) is 16.7 Å². The van der Waals surface area contributed by atoms with E-state index in [-0.39, 0.29) is 0 Å². The van der Waals surface area contributed by atoms with Crippen LogP contribution >= 0.6 is 0 Å². The minimum absolute atomic E-state index is 0.510. The molecule has 0 heterocycles. The van der Waals surface area contributed by atoms with E-state index >= 15 is 0 Å². The highest BCUT2D eigenvalue weighted by Gasteiger charge is 2.09. The van der Waals surface area contributed by atoms with E-state index in [0.29, 0.717) is 22.7 Å². The van der Waals surface area contributed by atoms with Crippen molar-refractivity contribution < 1.29 is 4.74 Å². The molecule has 0 bridgehead atoms. The molecule has 0 saturated carbocycles. The lowest BCUT2D eigenvalue weighted by Crippen LogP contribution is -1.96. The molecule has 3 heteroatoms. The number of aryl methyl sites for hydroxylation is 2. The van der Waals surface area contributed by atoms with Crippen LogP contribution in [0.3, 0.4) is 0 Å². The van der Waals surface area contributed by atoms with Crippen molar-refractivity contribution in [2.45, 2.75) is 13.8 Å². The summed E-state index contributed by atoms with van der Waals surface area (Å²) >= 11 is 0. The summed E-state index contributed by atoms with van der Waals surface area (Å²) in [6.07, 6.45) is 0. The van der Waals surface area contributed by atoms with E-state index < -0.39 is 0 Å². The van der Waals surface area contributed by atoms with Crippen LogP contribution in [-0.2, 0) is 0 Å². The van der Waals surface area contributed by atoms with Gasteiger partial charge < -0.3 is 10.5 Å². The van der Waals surface area contributed by atoms with Gasteiger partial charge in [0.05, 0.1) is 11.3 Å². The number of hydrogen-bond acceptors (Lipinski definition) is 3. The van der Waals surface area contributed by atoms with E-state index in [1.807, 2.05) is 38.1 Å². The van der Waals surface area contributed by atoms with Crippen molar-refractivity contribution in [1.82, 2.24) is 0 Å². The fourth-order valence-corrected chi connectivity index (χ4v) is 1.72. The van der Waals surface area contributed by atoms with Gasteiger partial charge in [-0.1, -0.05) is 18.2 Å². The van der Waals surface area contributed by atoms with Gasteiger partial charge >= 0.3 is 0 Å². The van der Waals surface area contributed by atoms with Gasteiger partial charge in [0.15, 0.2) is 5.75 Å². The van der Waals surface area contributed by atoms with Crippen LogP contribution in [0, 0.1) is 25.2 Å². The van der Waals surface area contributed by atoms with Crippen LogP contribution in [0.2, 0.25) is 0 Å². The molecule has 0 aliphatic carbocycles. The Morgan fingerprint density at radius 3 is 2.67 bits per heavy atom. The van der Waals surface area contributed by atoms with Gasteiger partial charge in [0.25, 0.3) is 0 Å². The van der Waals surface area contributed by atoms with Crippen LogP contribution < -0.4 is 10.5 Å². The summed E-state index contributed by atoms with van der Waals surface area (Å²) in [4.78, 5) is 0. The number of benzene rings is 2. The largest absolute Gasteiger partial charge is 0.454 e. The maximum atomic E-state index is 9.08. The Morgan fingerprint density at radius 1 is 1.17 bits per heavy atom. The maximum absolute atomic E-state index is 9.08. The Kier molecular flexibility index (Phi) is 3.20. The number of ether oxygens (including phenoxy) is 1. The second-order valence-corrected chi connectivity index (χ2v) is 4.21. The Bertz CT molecular complexity index is 627. The molecule has 0 aliphatic heterocycles. The minimum atomic E-state index is 0.510. The van der Waals surface area contributed by atoms with Gasteiger partial charge in [0.2, 0.25) is 0 Å². The highest BCUT2D eigenvalue weighted by atomic mass is 16.5. The summed E-state index contributed by atoms with van der Waals surface area (Å²) in [5.74, 6) is 1.15.